The van der Waals surface area contributed by atoms with E-state index in [-0.39, 0.29) is 24.0 Å². The number of carboxylic acid groups (broad SMARTS) is 2. The monoisotopic (exact) mass is 462 g/mol. The van der Waals surface area contributed by atoms with E-state index in [2.05, 4.69) is 6.92 Å². The minimum absolute atomic E-state index is 0.0921. The van der Waals surface area contributed by atoms with Crippen molar-refractivity contribution in [2.45, 2.75) is 124 Å². The van der Waals surface area contributed by atoms with Gasteiger partial charge in [0.15, 0.2) is 5.41 Å². The normalized spacial score (nSPS) is 12.2. The molecular weight excluding hydrogens is 416 g/mol. The molecule has 33 heavy (non-hydrogen) atoms. The Morgan fingerprint density at radius 2 is 1.27 bits per heavy atom. The van der Waals surface area contributed by atoms with E-state index in [0.29, 0.717) is 17.5 Å². The molecule has 1 rings (SSSR count). The number of unbranched alkanes of at least 4 members (excludes halogenated alkanes) is 9. The van der Waals surface area contributed by atoms with E-state index in [4.69, 9.17) is 0 Å². The number of phenols is 1. The van der Waals surface area contributed by atoms with Crippen molar-refractivity contribution >= 4 is 11.9 Å². The molecule has 0 aliphatic rings. The summed E-state index contributed by atoms with van der Waals surface area (Å²) in [7, 11) is 0. The zero-order valence-electron chi connectivity index (χ0n) is 21.7. The van der Waals surface area contributed by atoms with E-state index in [1.807, 2.05) is 33.8 Å². The molecule has 3 N–H and O–H groups in total. The average Bonchev–Trinajstić information content (AvgIpc) is 2.72. The summed E-state index contributed by atoms with van der Waals surface area (Å²) < 4.78 is 0. The summed E-state index contributed by atoms with van der Waals surface area (Å²) in [4.78, 5) is 24.5. The van der Waals surface area contributed by atoms with Crippen molar-refractivity contribution in [3.05, 3.63) is 28.3 Å². The number of hydrogen-bond donors (Lipinski definition) is 3. The molecule has 0 saturated carbocycles. The summed E-state index contributed by atoms with van der Waals surface area (Å²) in [6, 6.07) is 1.87. The van der Waals surface area contributed by atoms with E-state index in [1.165, 1.54) is 38.5 Å². The number of benzene rings is 1. The molecule has 0 aliphatic carbocycles. The third-order valence-corrected chi connectivity index (χ3v) is 6.96. The van der Waals surface area contributed by atoms with Crippen LogP contribution in [-0.2, 0) is 21.4 Å². The van der Waals surface area contributed by atoms with Gasteiger partial charge in [0.25, 0.3) is 0 Å². The van der Waals surface area contributed by atoms with Gasteiger partial charge in [-0.15, -0.1) is 0 Å². The van der Waals surface area contributed by atoms with Crippen molar-refractivity contribution in [2.24, 2.45) is 5.41 Å². The van der Waals surface area contributed by atoms with Crippen molar-refractivity contribution in [3.8, 4) is 5.75 Å². The molecule has 5 heteroatoms. The fraction of sp³-hybridized carbons (Fsp3) is 0.714. The lowest BCUT2D eigenvalue weighted by molar-refractivity contribution is -0.165. The van der Waals surface area contributed by atoms with Crippen molar-refractivity contribution in [1.29, 1.82) is 0 Å². The highest BCUT2D eigenvalue weighted by Crippen LogP contribution is 2.40. The molecule has 5 nitrogen and oxygen atoms in total. The Balaban J connectivity index is 2.89. The molecule has 0 unspecified atom stereocenters. The minimum atomic E-state index is -1.88. The van der Waals surface area contributed by atoms with Gasteiger partial charge in [-0.1, -0.05) is 98.0 Å². The summed E-state index contributed by atoms with van der Waals surface area (Å²) in [6.45, 7) is 11.8. The van der Waals surface area contributed by atoms with Crippen LogP contribution in [0.1, 0.15) is 121 Å². The summed E-state index contributed by atoms with van der Waals surface area (Å²) in [5, 5.41) is 30.8. The number of aromatic hydroxyl groups is 1. The van der Waals surface area contributed by atoms with Crippen molar-refractivity contribution in [2.75, 3.05) is 0 Å². The number of rotatable bonds is 15. The molecule has 0 spiro atoms. The van der Waals surface area contributed by atoms with Crippen LogP contribution in [0.5, 0.6) is 5.75 Å². The fourth-order valence-corrected chi connectivity index (χ4v) is 4.62. The fourth-order valence-electron chi connectivity index (χ4n) is 4.62. The summed E-state index contributed by atoms with van der Waals surface area (Å²) in [5.74, 6) is -2.47. The molecule has 1 aromatic carbocycles. The quantitative estimate of drug-likeness (QED) is 0.187. The van der Waals surface area contributed by atoms with Gasteiger partial charge in [0.1, 0.15) is 5.75 Å². The minimum Gasteiger partial charge on any atom is -0.507 e. The Hall–Kier alpha value is -2.04. The smallest absolute Gasteiger partial charge is 0.321 e. The number of phenolic OH excluding ortho intramolecular Hbond substituents is 1. The average molecular weight is 463 g/mol. The van der Waals surface area contributed by atoms with Crippen molar-refractivity contribution in [3.63, 3.8) is 0 Å². The van der Waals surface area contributed by atoms with Crippen LogP contribution < -0.4 is 0 Å². The molecule has 0 atom stereocenters. The lowest BCUT2D eigenvalue weighted by atomic mass is 9.74. The van der Waals surface area contributed by atoms with Gasteiger partial charge in [0.2, 0.25) is 0 Å². The maximum absolute atomic E-state index is 12.2. The van der Waals surface area contributed by atoms with Crippen LogP contribution >= 0.6 is 0 Å². The van der Waals surface area contributed by atoms with E-state index in [9.17, 15) is 24.9 Å². The Morgan fingerprint density at radius 1 is 0.818 bits per heavy atom. The van der Waals surface area contributed by atoms with Gasteiger partial charge in [-0.25, -0.2) is 0 Å². The second-order valence-electron chi connectivity index (χ2n) is 10.7. The van der Waals surface area contributed by atoms with Crippen LogP contribution in [-0.4, -0.2) is 27.3 Å². The first-order chi connectivity index (χ1) is 15.4. The standard InChI is InChI=1S/C28H46O5/c1-7-8-9-10-11-12-13-14-15-16-17-28(25(30)31,26(32)33)19-22-20(2)18-23(27(4,5)6)24(29)21(22)3/h18,29H,7-17,19H2,1-6H3,(H,30,31)(H,32,33). The van der Waals surface area contributed by atoms with E-state index >= 15 is 0 Å². The van der Waals surface area contributed by atoms with Gasteiger partial charge >= 0.3 is 11.9 Å². The number of carbonyl (C=O) groups is 2. The number of hydrogen-bond acceptors (Lipinski definition) is 3. The van der Waals surface area contributed by atoms with E-state index < -0.39 is 17.4 Å². The van der Waals surface area contributed by atoms with Gasteiger partial charge in [0.05, 0.1) is 0 Å². The van der Waals surface area contributed by atoms with Crippen LogP contribution in [0.2, 0.25) is 0 Å². The molecule has 0 bridgehead atoms. The highest BCUT2D eigenvalue weighted by molar-refractivity contribution is 5.98. The lowest BCUT2D eigenvalue weighted by Gasteiger charge is -2.29. The Kier molecular flexibility index (Phi) is 11.4. The highest BCUT2D eigenvalue weighted by atomic mass is 16.4. The maximum atomic E-state index is 12.2. The first-order valence-corrected chi connectivity index (χ1v) is 12.7. The molecule has 0 saturated heterocycles. The summed E-state index contributed by atoms with van der Waals surface area (Å²) in [6.07, 6.45) is 11.0. The predicted molar refractivity (Wildman–Crippen MR) is 134 cm³/mol. The molecule has 0 radical (unpaired) electrons. The third kappa shape index (κ3) is 8.04. The van der Waals surface area contributed by atoms with Crippen molar-refractivity contribution < 1.29 is 24.9 Å². The van der Waals surface area contributed by atoms with E-state index in [1.54, 1.807) is 6.92 Å². The van der Waals surface area contributed by atoms with Gasteiger partial charge < -0.3 is 15.3 Å². The Morgan fingerprint density at radius 3 is 1.70 bits per heavy atom. The number of aryl methyl sites for hydroxylation is 1. The largest absolute Gasteiger partial charge is 0.507 e. The third-order valence-electron chi connectivity index (χ3n) is 6.96. The first-order valence-electron chi connectivity index (χ1n) is 12.7. The first kappa shape index (κ1) is 29.0. The second-order valence-corrected chi connectivity index (χ2v) is 10.7. The molecule has 1 aromatic rings. The molecule has 0 amide bonds. The molecule has 0 heterocycles. The zero-order chi connectivity index (χ0) is 25.2. The second kappa shape index (κ2) is 13.0. The Labute approximate surface area is 200 Å². The SMILES string of the molecule is CCCCCCCCCCCCC(Cc1c(C)cc(C(C)(C)C)c(O)c1C)(C(=O)O)C(=O)O. The van der Waals surface area contributed by atoms with Gasteiger partial charge in [-0.05, 0) is 54.4 Å². The number of carboxylic acids is 2. The summed E-state index contributed by atoms with van der Waals surface area (Å²) in [5.41, 5.74) is 0.653. The van der Waals surface area contributed by atoms with Gasteiger partial charge in [-0.2, -0.15) is 0 Å². The van der Waals surface area contributed by atoms with Crippen molar-refractivity contribution in [1.82, 2.24) is 0 Å². The molecule has 0 aromatic heterocycles. The Bertz CT molecular complexity index is 774. The maximum Gasteiger partial charge on any atom is 0.321 e. The van der Waals surface area contributed by atoms with Gasteiger partial charge in [0, 0.05) is 0 Å². The van der Waals surface area contributed by atoms with Gasteiger partial charge in [-0.3, -0.25) is 9.59 Å². The van der Waals surface area contributed by atoms with Crippen LogP contribution in [0.3, 0.4) is 0 Å². The number of aliphatic carboxylic acids is 2. The zero-order valence-corrected chi connectivity index (χ0v) is 21.7. The molecule has 0 aliphatic heterocycles. The van der Waals surface area contributed by atoms with E-state index in [0.717, 1.165) is 30.4 Å². The van der Waals surface area contributed by atoms with Crippen LogP contribution in [0.4, 0.5) is 0 Å². The van der Waals surface area contributed by atoms with Crippen LogP contribution in [0.15, 0.2) is 6.07 Å². The lowest BCUT2D eigenvalue weighted by Crippen LogP contribution is -2.41. The topological polar surface area (TPSA) is 94.8 Å². The summed E-state index contributed by atoms with van der Waals surface area (Å²) >= 11 is 0. The predicted octanol–water partition coefficient (Wildman–Crippen LogP) is 7.32. The molecule has 0 fully saturated rings. The molecular formula is C28H46O5. The highest BCUT2D eigenvalue weighted by Gasteiger charge is 2.46. The van der Waals surface area contributed by atoms with Crippen LogP contribution in [0, 0.1) is 19.3 Å². The molecule has 188 valence electrons. The van der Waals surface area contributed by atoms with Crippen LogP contribution in [0.25, 0.3) is 0 Å².